The van der Waals surface area contributed by atoms with Gasteiger partial charge in [0.25, 0.3) is 5.91 Å². The number of carbonyl (C=O) groups is 1. The Balaban J connectivity index is 1.92. The highest BCUT2D eigenvalue weighted by atomic mass is 16.5. The van der Waals surface area contributed by atoms with E-state index in [0.29, 0.717) is 43.4 Å². The van der Waals surface area contributed by atoms with Crippen molar-refractivity contribution >= 4 is 11.6 Å². The van der Waals surface area contributed by atoms with Gasteiger partial charge in [0.05, 0.1) is 6.61 Å². The third-order valence-electron chi connectivity index (χ3n) is 3.28. The lowest BCUT2D eigenvalue weighted by Crippen LogP contribution is -2.12. The summed E-state index contributed by atoms with van der Waals surface area (Å²) in [6.07, 6.45) is 1.68. The summed E-state index contributed by atoms with van der Waals surface area (Å²) in [5.74, 6) is 1.16. The molecule has 0 atom stereocenters. The molecule has 0 bridgehead atoms. The quantitative estimate of drug-likeness (QED) is 0.526. The van der Waals surface area contributed by atoms with Crippen molar-refractivity contribution in [1.29, 1.82) is 0 Å². The highest BCUT2D eigenvalue weighted by molar-refractivity contribution is 6.04. The SMILES string of the molecule is C=CCOc1ccc(NC(=O)c2cccc(OCCOCC)c2)cc1. The van der Waals surface area contributed by atoms with E-state index in [1.807, 2.05) is 13.0 Å². The van der Waals surface area contributed by atoms with Gasteiger partial charge in [-0.3, -0.25) is 4.79 Å². The minimum Gasteiger partial charge on any atom is -0.491 e. The molecule has 0 unspecified atom stereocenters. The number of nitrogens with one attached hydrogen (secondary N) is 1. The van der Waals surface area contributed by atoms with Gasteiger partial charge >= 0.3 is 0 Å². The number of carbonyl (C=O) groups excluding carboxylic acids is 1. The molecule has 0 aliphatic carbocycles. The van der Waals surface area contributed by atoms with Crippen LogP contribution in [0, 0.1) is 0 Å². The van der Waals surface area contributed by atoms with Crippen LogP contribution in [0.25, 0.3) is 0 Å². The number of hydrogen-bond acceptors (Lipinski definition) is 4. The van der Waals surface area contributed by atoms with E-state index in [9.17, 15) is 4.79 Å². The van der Waals surface area contributed by atoms with Crippen LogP contribution in [0.15, 0.2) is 61.2 Å². The minimum atomic E-state index is -0.199. The van der Waals surface area contributed by atoms with E-state index >= 15 is 0 Å². The average molecular weight is 341 g/mol. The molecule has 0 aromatic heterocycles. The summed E-state index contributed by atoms with van der Waals surface area (Å²) in [6, 6.07) is 14.2. The molecule has 2 aromatic rings. The lowest BCUT2D eigenvalue weighted by Gasteiger charge is -2.09. The summed E-state index contributed by atoms with van der Waals surface area (Å²) in [5.41, 5.74) is 1.22. The Morgan fingerprint density at radius 1 is 1.08 bits per heavy atom. The van der Waals surface area contributed by atoms with E-state index in [2.05, 4.69) is 11.9 Å². The van der Waals surface area contributed by atoms with Crippen LogP contribution < -0.4 is 14.8 Å². The topological polar surface area (TPSA) is 56.8 Å². The molecule has 0 saturated carbocycles. The van der Waals surface area contributed by atoms with Gasteiger partial charge in [-0.25, -0.2) is 0 Å². The molecule has 5 nitrogen and oxygen atoms in total. The van der Waals surface area contributed by atoms with Gasteiger partial charge in [-0.15, -0.1) is 0 Å². The second-order valence-corrected chi connectivity index (χ2v) is 5.15. The van der Waals surface area contributed by atoms with Gasteiger partial charge in [-0.2, -0.15) is 0 Å². The molecular weight excluding hydrogens is 318 g/mol. The van der Waals surface area contributed by atoms with Gasteiger partial charge in [0.2, 0.25) is 0 Å². The normalized spacial score (nSPS) is 10.1. The first-order valence-electron chi connectivity index (χ1n) is 8.18. The summed E-state index contributed by atoms with van der Waals surface area (Å²) < 4.78 is 16.2. The molecule has 5 heteroatoms. The maximum absolute atomic E-state index is 12.4. The number of benzene rings is 2. The molecule has 2 rings (SSSR count). The van der Waals surface area contributed by atoms with Crippen molar-refractivity contribution in [3.8, 4) is 11.5 Å². The smallest absolute Gasteiger partial charge is 0.255 e. The predicted molar refractivity (Wildman–Crippen MR) is 98.5 cm³/mol. The Bertz CT molecular complexity index is 682. The summed E-state index contributed by atoms with van der Waals surface area (Å²) in [6.45, 7) is 7.61. The van der Waals surface area contributed by atoms with Crippen LogP contribution in [-0.4, -0.2) is 32.3 Å². The molecule has 0 heterocycles. The van der Waals surface area contributed by atoms with Crippen molar-refractivity contribution in [3.05, 3.63) is 66.7 Å². The van der Waals surface area contributed by atoms with E-state index in [-0.39, 0.29) is 5.91 Å². The molecular formula is C20H23NO4. The monoisotopic (exact) mass is 341 g/mol. The molecule has 25 heavy (non-hydrogen) atoms. The number of amides is 1. The van der Waals surface area contributed by atoms with Gasteiger partial charge in [-0.1, -0.05) is 18.7 Å². The molecule has 0 aliphatic rings. The fourth-order valence-corrected chi connectivity index (χ4v) is 2.08. The largest absolute Gasteiger partial charge is 0.491 e. The van der Waals surface area contributed by atoms with Crippen LogP contribution in [0.4, 0.5) is 5.69 Å². The zero-order chi connectivity index (χ0) is 17.9. The molecule has 132 valence electrons. The highest BCUT2D eigenvalue weighted by Crippen LogP contribution is 2.18. The van der Waals surface area contributed by atoms with Crippen LogP contribution >= 0.6 is 0 Å². The molecule has 0 saturated heterocycles. The lowest BCUT2D eigenvalue weighted by atomic mass is 10.2. The van der Waals surface area contributed by atoms with Gasteiger partial charge in [-0.05, 0) is 49.4 Å². The van der Waals surface area contributed by atoms with Crippen molar-refractivity contribution in [2.45, 2.75) is 6.92 Å². The molecule has 0 fully saturated rings. The van der Waals surface area contributed by atoms with Gasteiger partial charge < -0.3 is 19.5 Å². The van der Waals surface area contributed by atoms with Gasteiger partial charge in [0.15, 0.2) is 0 Å². The second kappa shape index (κ2) is 10.2. The van der Waals surface area contributed by atoms with Crippen LogP contribution in [0.3, 0.4) is 0 Å². The first kappa shape index (κ1) is 18.5. The predicted octanol–water partition coefficient (Wildman–Crippen LogP) is 3.92. The van der Waals surface area contributed by atoms with Crippen molar-refractivity contribution in [3.63, 3.8) is 0 Å². The summed E-state index contributed by atoms with van der Waals surface area (Å²) >= 11 is 0. The third-order valence-corrected chi connectivity index (χ3v) is 3.28. The molecule has 0 aliphatic heterocycles. The summed E-state index contributed by atoms with van der Waals surface area (Å²) in [7, 11) is 0. The Morgan fingerprint density at radius 2 is 1.88 bits per heavy atom. The molecule has 1 N–H and O–H groups in total. The van der Waals surface area contributed by atoms with Crippen LogP contribution in [0.5, 0.6) is 11.5 Å². The van der Waals surface area contributed by atoms with Crippen molar-refractivity contribution in [2.75, 3.05) is 31.7 Å². The van der Waals surface area contributed by atoms with Crippen LogP contribution in [-0.2, 0) is 4.74 Å². The van der Waals surface area contributed by atoms with E-state index < -0.39 is 0 Å². The van der Waals surface area contributed by atoms with E-state index in [4.69, 9.17) is 14.2 Å². The van der Waals surface area contributed by atoms with Crippen molar-refractivity contribution in [1.82, 2.24) is 0 Å². The first-order valence-corrected chi connectivity index (χ1v) is 8.18. The zero-order valence-electron chi connectivity index (χ0n) is 14.4. The maximum atomic E-state index is 12.4. The van der Waals surface area contributed by atoms with Crippen molar-refractivity contribution < 1.29 is 19.0 Å². The second-order valence-electron chi connectivity index (χ2n) is 5.15. The number of anilines is 1. The zero-order valence-corrected chi connectivity index (χ0v) is 14.4. The lowest BCUT2D eigenvalue weighted by molar-refractivity contribution is 0.102. The van der Waals surface area contributed by atoms with Crippen molar-refractivity contribution in [2.24, 2.45) is 0 Å². The number of hydrogen-bond donors (Lipinski definition) is 1. The number of ether oxygens (including phenoxy) is 3. The average Bonchev–Trinajstić information content (AvgIpc) is 2.65. The van der Waals surface area contributed by atoms with Gasteiger partial charge in [0.1, 0.15) is 24.7 Å². The van der Waals surface area contributed by atoms with Crippen LogP contribution in [0.2, 0.25) is 0 Å². The highest BCUT2D eigenvalue weighted by Gasteiger charge is 2.07. The Hall–Kier alpha value is -2.79. The molecule has 0 radical (unpaired) electrons. The number of rotatable bonds is 10. The fraction of sp³-hybridized carbons (Fsp3) is 0.250. The molecule has 0 spiro atoms. The van der Waals surface area contributed by atoms with Gasteiger partial charge in [0, 0.05) is 17.9 Å². The van der Waals surface area contributed by atoms with E-state index in [1.54, 1.807) is 48.5 Å². The third kappa shape index (κ3) is 6.31. The fourth-order valence-electron chi connectivity index (χ4n) is 2.08. The maximum Gasteiger partial charge on any atom is 0.255 e. The van der Waals surface area contributed by atoms with E-state index in [1.165, 1.54) is 0 Å². The summed E-state index contributed by atoms with van der Waals surface area (Å²) in [5, 5.41) is 2.85. The Kier molecular flexibility index (Phi) is 7.53. The Labute approximate surface area is 148 Å². The van der Waals surface area contributed by atoms with E-state index in [0.717, 1.165) is 5.75 Å². The minimum absolute atomic E-state index is 0.199. The summed E-state index contributed by atoms with van der Waals surface area (Å²) in [4.78, 5) is 12.4. The standard InChI is InChI=1S/C20H23NO4/c1-3-12-24-18-10-8-17(9-11-18)21-20(22)16-6-5-7-19(15-16)25-14-13-23-4-2/h3,5-11,15H,1,4,12-14H2,2H3,(H,21,22). The van der Waals surface area contributed by atoms with Crippen LogP contribution in [0.1, 0.15) is 17.3 Å². The molecule has 2 aromatic carbocycles. The first-order chi connectivity index (χ1) is 12.2. The Morgan fingerprint density at radius 3 is 2.60 bits per heavy atom. The molecule has 1 amide bonds.